The average molecular weight is 588 g/mol. The highest BCUT2D eigenvalue weighted by Gasteiger charge is 2.54. The topological polar surface area (TPSA) is 118 Å². The molecule has 1 aliphatic heterocycles. The fourth-order valence-electron chi connectivity index (χ4n) is 7.52. The van der Waals surface area contributed by atoms with Crippen LogP contribution in [0.2, 0.25) is 0 Å². The Bertz CT molecular complexity index is 1600. The molecule has 42 heavy (non-hydrogen) atoms. The molecule has 1 aromatic heterocycles. The standard InChI is InChI=1S/C33H41N5O3S/c1-20(2)13-26-12-11-25-15-29(30-21(3)7-5-8-22(30)4)36-32(35-25)37-42(40,41)28-10-6-9-23(14-28)31(39)38(26)27-18-33(19-27)16-24(34)17-33/h5-10,14-15,20,24,26-27H,11-13,16-19,34H2,1-4H3,(H,35,36,37)/t24?,26-,27?,33?/m0/s1. The van der Waals surface area contributed by atoms with E-state index in [0.29, 0.717) is 23.6 Å². The largest absolute Gasteiger partial charge is 0.333 e. The molecule has 4 bridgehead atoms. The van der Waals surface area contributed by atoms with Crippen LogP contribution in [-0.4, -0.2) is 47.3 Å². The van der Waals surface area contributed by atoms with Crippen molar-refractivity contribution in [1.82, 2.24) is 14.9 Å². The first-order valence-electron chi connectivity index (χ1n) is 15.1. The van der Waals surface area contributed by atoms with Crippen LogP contribution >= 0.6 is 0 Å². The van der Waals surface area contributed by atoms with Gasteiger partial charge in [0.2, 0.25) is 5.95 Å². The van der Waals surface area contributed by atoms with Crippen molar-refractivity contribution in [3.8, 4) is 11.3 Å². The molecule has 0 radical (unpaired) electrons. The Morgan fingerprint density at radius 3 is 2.38 bits per heavy atom. The van der Waals surface area contributed by atoms with Gasteiger partial charge in [0.1, 0.15) is 0 Å². The summed E-state index contributed by atoms with van der Waals surface area (Å²) in [4.78, 5) is 25.8. The van der Waals surface area contributed by atoms with E-state index in [9.17, 15) is 13.2 Å². The third-order valence-electron chi connectivity index (χ3n) is 9.36. The zero-order chi connectivity index (χ0) is 29.8. The number of hydrogen-bond donors (Lipinski definition) is 2. The van der Waals surface area contributed by atoms with Crippen LogP contribution in [0.3, 0.4) is 0 Å². The first-order valence-corrected chi connectivity index (χ1v) is 16.6. The summed E-state index contributed by atoms with van der Waals surface area (Å²) in [5.74, 6) is 0.321. The molecule has 0 saturated heterocycles. The van der Waals surface area contributed by atoms with Gasteiger partial charge in [-0.3, -0.25) is 4.79 Å². The highest BCUT2D eigenvalue weighted by Crippen LogP contribution is 2.57. The molecule has 9 heteroatoms. The number of fused-ring (bicyclic) bond motifs is 4. The molecule has 3 aromatic rings. The van der Waals surface area contributed by atoms with Gasteiger partial charge >= 0.3 is 0 Å². The SMILES string of the molecule is Cc1cccc(C)c1-c1cc2nc(n1)NS(=O)(=O)c1cccc(c1)C(=O)N(C1CC3(CC(N)C3)C1)[C@H](CC(C)C)CC2. The molecular weight excluding hydrogens is 546 g/mol. The molecule has 1 atom stereocenters. The van der Waals surface area contributed by atoms with Gasteiger partial charge in [0.05, 0.1) is 10.6 Å². The molecule has 8 nitrogen and oxygen atoms in total. The molecule has 1 spiro atoms. The molecular formula is C33H41N5O3S. The predicted molar refractivity (Wildman–Crippen MR) is 165 cm³/mol. The molecule has 0 unspecified atom stereocenters. The number of carbonyl (C=O) groups excluding carboxylic acids is 1. The van der Waals surface area contributed by atoms with E-state index in [1.54, 1.807) is 12.1 Å². The first kappa shape index (κ1) is 28.8. The van der Waals surface area contributed by atoms with Crippen LogP contribution in [0.1, 0.15) is 79.6 Å². The van der Waals surface area contributed by atoms with Crippen molar-refractivity contribution in [1.29, 1.82) is 0 Å². The number of sulfonamides is 1. The van der Waals surface area contributed by atoms with Crippen molar-refractivity contribution in [3.05, 3.63) is 70.9 Å². The number of aromatic nitrogens is 2. The molecule has 6 rings (SSSR count). The van der Waals surface area contributed by atoms with E-state index < -0.39 is 10.0 Å². The minimum Gasteiger partial charge on any atom is -0.333 e. The smallest absolute Gasteiger partial charge is 0.264 e. The molecule has 2 aromatic carbocycles. The molecule has 2 heterocycles. The van der Waals surface area contributed by atoms with E-state index in [0.717, 1.165) is 60.9 Å². The second kappa shape index (κ2) is 10.8. The number of anilines is 1. The van der Waals surface area contributed by atoms with Crippen LogP contribution < -0.4 is 10.5 Å². The number of hydrogen-bond acceptors (Lipinski definition) is 6. The predicted octanol–water partition coefficient (Wildman–Crippen LogP) is 5.63. The van der Waals surface area contributed by atoms with Crippen LogP contribution in [0.15, 0.2) is 53.4 Å². The Morgan fingerprint density at radius 2 is 1.71 bits per heavy atom. The lowest BCUT2D eigenvalue weighted by Crippen LogP contribution is -2.62. The van der Waals surface area contributed by atoms with Gasteiger partial charge in [0.25, 0.3) is 15.9 Å². The molecule has 2 aliphatic carbocycles. The fraction of sp³-hybridized carbons (Fsp3) is 0.485. The summed E-state index contributed by atoms with van der Waals surface area (Å²) in [5.41, 5.74) is 11.3. The van der Waals surface area contributed by atoms with Crippen molar-refractivity contribution < 1.29 is 13.2 Å². The van der Waals surface area contributed by atoms with E-state index in [1.807, 2.05) is 38.1 Å². The summed E-state index contributed by atoms with van der Waals surface area (Å²) in [6.45, 7) is 8.45. The average Bonchev–Trinajstić information content (AvgIpc) is 2.88. The van der Waals surface area contributed by atoms with Crippen molar-refractivity contribution in [2.75, 3.05) is 4.72 Å². The lowest BCUT2D eigenvalue weighted by Gasteiger charge is -2.60. The van der Waals surface area contributed by atoms with Crippen LogP contribution in [0.4, 0.5) is 5.95 Å². The fourth-order valence-corrected chi connectivity index (χ4v) is 8.51. The molecule has 1 amide bonds. The number of nitrogens with zero attached hydrogens (tertiary/aromatic N) is 3. The van der Waals surface area contributed by atoms with Gasteiger partial charge in [-0.1, -0.05) is 38.1 Å². The monoisotopic (exact) mass is 587 g/mol. The zero-order valence-electron chi connectivity index (χ0n) is 24.9. The van der Waals surface area contributed by atoms with Gasteiger partial charge in [-0.05, 0) is 106 Å². The van der Waals surface area contributed by atoms with E-state index >= 15 is 0 Å². The van der Waals surface area contributed by atoms with Gasteiger partial charge in [-0.25, -0.2) is 23.1 Å². The highest BCUT2D eigenvalue weighted by molar-refractivity contribution is 7.92. The van der Waals surface area contributed by atoms with Crippen LogP contribution in [-0.2, 0) is 16.4 Å². The highest BCUT2D eigenvalue weighted by atomic mass is 32.2. The molecule has 2 fully saturated rings. The van der Waals surface area contributed by atoms with Gasteiger partial charge < -0.3 is 10.6 Å². The number of aryl methyl sites for hydroxylation is 3. The number of carbonyl (C=O) groups is 1. The second-order valence-corrected chi connectivity index (χ2v) is 14.9. The molecule has 222 valence electrons. The van der Waals surface area contributed by atoms with Gasteiger partial charge in [0.15, 0.2) is 0 Å². The number of benzene rings is 2. The van der Waals surface area contributed by atoms with E-state index in [-0.39, 0.29) is 40.3 Å². The Labute approximate surface area is 249 Å². The molecule has 3 N–H and O–H groups in total. The van der Waals surface area contributed by atoms with Crippen LogP contribution in [0.25, 0.3) is 11.3 Å². The Balaban J connectivity index is 1.46. The lowest BCUT2D eigenvalue weighted by molar-refractivity contribution is -0.0686. The summed E-state index contributed by atoms with van der Waals surface area (Å²) in [7, 11) is -4.04. The second-order valence-electron chi connectivity index (χ2n) is 13.2. The summed E-state index contributed by atoms with van der Waals surface area (Å²) in [5, 5.41) is 0. The quantitative estimate of drug-likeness (QED) is 0.408. The Morgan fingerprint density at radius 1 is 1.02 bits per heavy atom. The van der Waals surface area contributed by atoms with Crippen molar-refractivity contribution in [3.63, 3.8) is 0 Å². The third-order valence-corrected chi connectivity index (χ3v) is 10.7. The molecule has 3 aliphatic rings. The zero-order valence-corrected chi connectivity index (χ0v) is 25.7. The van der Waals surface area contributed by atoms with Crippen molar-refractivity contribution in [2.24, 2.45) is 17.1 Å². The maximum Gasteiger partial charge on any atom is 0.264 e. The lowest BCUT2D eigenvalue weighted by atomic mass is 9.52. The van der Waals surface area contributed by atoms with Gasteiger partial charge in [-0.15, -0.1) is 0 Å². The minimum absolute atomic E-state index is 0.00959. The first-order chi connectivity index (χ1) is 19.9. The number of nitrogens with one attached hydrogen (secondary N) is 1. The maximum atomic E-state index is 14.3. The van der Waals surface area contributed by atoms with Gasteiger partial charge in [0, 0.05) is 34.9 Å². The molecule has 2 saturated carbocycles. The third kappa shape index (κ3) is 5.44. The van der Waals surface area contributed by atoms with E-state index in [4.69, 9.17) is 5.73 Å². The number of nitrogens with two attached hydrogens (primary N) is 1. The summed E-state index contributed by atoms with van der Waals surface area (Å²) in [6.07, 6.45) is 6.12. The van der Waals surface area contributed by atoms with Crippen molar-refractivity contribution >= 4 is 21.9 Å². The number of rotatable bonds is 4. The summed E-state index contributed by atoms with van der Waals surface area (Å²) < 4.78 is 29.8. The van der Waals surface area contributed by atoms with Crippen LogP contribution in [0, 0.1) is 25.2 Å². The van der Waals surface area contributed by atoms with E-state index in [1.165, 1.54) is 12.1 Å². The summed E-state index contributed by atoms with van der Waals surface area (Å²) in [6, 6.07) is 14.8. The minimum atomic E-state index is -4.04. The number of amides is 1. The van der Waals surface area contributed by atoms with Crippen molar-refractivity contribution in [2.45, 2.75) is 95.7 Å². The summed E-state index contributed by atoms with van der Waals surface area (Å²) >= 11 is 0. The van der Waals surface area contributed by atoms with E-state index in [2.05, 4.69) is 33.4 Å². The Hall–Kier alpha value is -3.30. The van der Waals surface area contributed by atoms with Crippen LogP contribution in [0.5, 0.6) is 0 Å². The Kier molecular flexibility index (Phi) is 7.38. The maximum absolute atomic E-state index is 14.3. The normalized spacial score (nSPS) is 26.9. The van der Waals surface area contributed by atoms with Gasteiger partial charge in [-0.2, -0.15) is 0 Å².